The Kier molecular flexibility index (Phi) is 3.85. The first-order chi connectivity index (χ1) is 9.02. The SMILES string of the molecule is CC(CCN1C(=O)Cc2cc(CN)ccc21)C(=O)O. The fourth-order valence-electron chi connectivity index (χ4n) is 2.25. The van der Waals surface area contributed by atoms with Crippen molar-refractivity contribution in [1.29, 1.82) is 0 Å². The lowest BCUT2D eigenvalue weighted by atomic mass is 10.1. The Morgan fingerprint density at radius 2 is 2.26 bits per heavy atom. The fraction of sp³-hybridized carbons (Fsp3) is 0.429. The molecule has 1 unspecified atom stereocenters. The van der Waals surface area contributed by atoms with Gasteiger partial charge >= 0.3 is 5.97 Å². The Morgan fingerprint density at radius 1 is 1.53 bits per heavy atom. The third kappa shape index (κ3) is 2.76. The van der Waals surface area contributed by atoms with Gasteiger partial charge in [-0.3, -0.25) is 9.59 Å². The average molecular weight is 262 g/mol. The molecule has 1 aliphatic rings. The Hall–Kier alpha value is -1.88. The highest BCUT2D eigenvalue weighted by atomic mass is 16.4. The summed E-state index contributed by atoms with van der Waals surface area (Å²) >= 11 is 0. The van der Waals surface area contributed by atoms with Crippen LogP contribution in [0, 0.1) is 5.92 Å². The molecule has 0 fully saturated rings. The van der Waals surface area contributed by atoms with Crippen molar-refractivity contribution in [2.45, 2.75) is 26.3 Å². The molecule has 1 atom stereocenters. The topological polar surface area (TPSA) is 83.6 Å². The molecule has 0 radical (unpaired) electrons. The van der Waals surface area contributed by atoms with Crippen molar-refractivity contribution >= 4 is 17.6 Å². The molecule has 1 aromatic rings. The van der Waals surface area contributed by atoms with Crippen LogP contribution in [-0.2, 0) is 22.6 Å². The molecule has 0 bridgehead atoms. The molecule has 0 aliphatic carbocycles. The second kappa shape index (κ2) is 5.40. The van der Waals surface area contributed by atoms with Gasteiger partial charge in [0.2, 0.25) is 5.91 Å². The molecule has 1 aromatic carbocycles. The number of nitrogens with two attached hydrogens (primary N) is 1. The van der Waals surface area contributed by atoms with E-state index in [-0.39, 0.29) is 5.91 Å². The summed E-state index contributed by atoms with van der Waals surface area (Å²) in [6, 6.07) is 5.76. The van der Waals surface area contributed by atoms with Crippen LogP contribution in [0.5, 0.6) is 0 Å². The van der Waals surface area contributed by atoms with Crippen molar-refractivity contribution in [1.82, 2.24) is 0 Å². The molecule has 0 aromatic heterocycles. The van der Waals surface area contributed by atoms with Crippen molar-refractivity contribution < 1.29 is 14.7 Å². The van der Waals surface area contributed by atoms with Crippen molar-refractivity contribution in [2.75, 3.05) is 11.4 Å². The van der Waals surface area contributed by atoms with E-state index in [9.17, 15) is 9.59 Å². The first-order valence-corrected chi connectivity index (χ1v) is 6.38. The molecule has 1 amide bonds. The standard InChI is InChI=1S/C14H18N2O3/c1-9(14(18)19)4-5-16-12-3-2-10(8-15)6-11(12)7-13(16)17/h2-3,6,9H,4-5,7-8,15H2,1H3,(H,18,19). The minimum absolute atomic E-state index is 0.0294. The predicted molar refractivity (Wildman–Crippen MR) is 71.8 cm³/mol. The van der Waals surface area contributed by atoms with Gasteiger partial charge in [-0.25, -0.2) is 0 Å². The van der Waals surface area contributed by atoms with Crippen LogP contribution in [0.2, 0.25) is 0 Å². The molecule has 5 heteroatoms. The molecule has 0 saturated heterocycles. The second-order valence-electron chi connectivity index (χ2n) is 4.92. The predicted octanol–water partition coefficient (Wildman–Crippen LogP) is 1.15. The number of anilines is 1. The van der Waals surface area contributed by atoms with E-state index in [0.717, 1.165) is 16.8 Å². The highest BCUT2D eigenvalue weighted by molar-refractivity contribution is 6.01. The Balaban J connectivity index is 2.12. The van der Waals surface area contributed by atoms with E-state index in [1.54, 1.807) is 11.8 Å². The lowest BCUT2D eigenvalue weighted by Crippen LogP contribution is -2.29. The van der Waals surface area contributed by atoms with Crippen LogP contribution in [0.25, 0.3) is 0 Å². The molecule has 3 N–H and O–H groups in total. The van der Waals surface area contributed by atoms with E-state index in [4.69, 9.17) is 10.8 Å². The van der Waals surface area contributed by atoms with Gasteiger partial charge in [0.15, 0.2) is 0 Å². The molecular formula is C14H18N2O3. The number of nitrogens with zero attached hydrogens (tertiary/aromatic N) is 1. The van der Waals surface area contributed by atoms with Crippen LogP contribution >= 0.6 is 0 Å². The van der Waals surface area contributed by atoms with Crippen molar-refractivity contribution in [3.63, 3.8) is 0 Å². The number of hydrogen-bond donors (Lipinski definition) is 2. The van der Waals surface area contributed by atoms with Gasteiger partial charge in [0.1, 0.15) is 0 Å². The number of fused-ring (bicyclic) bond motifs is 1. The highest BCUT2D eigenvalue weighted by Crippen LogP contribution is 2.30. The van der Waals surface area contributed by atoms with Crippen LogP contribution in [0.1, 0.15) is 24.5 Å². The molecule has 1 aliphatic heterocycles. The number of benzene rings is 1. The second-order valence-corrected chi connectivity index (χ2v) is 4.92. The molecule has 0 spiro atoms. The third-order valence-electron chi connectivity index (χ3n) is 3.52. The summed E-state index contributed by atoms with van der Waals surface area (Å²) in [5.74, 6) is -1.24. The third-order valence-corrected chi connectivity index (χ3v) is 3.52. The largest absolute Gasteiger partial charge is 0.481 e. The number of carbonyl (C=O) groups is 2. The normalized spacial score (nSPS) is 15.5. The zero-order valence-electron chi connectivity index (χ0n) is 10.9. The van der Waals surface area contributed by atoms with Gasteiger partial charge in [0, 0.05) is 18.8 Å². The molecule has 102 valence electrons. The zero-order chi connectivity index (χ0) is 14.0. The van der Waals surface area contributed by atoms with E-state index in [0.29, 0.717) is 25.9 Å². The Morgan fingerprint density at radius 3 is 2.89 bits per heavy atom. The van der Waals surface area contributed by atoms with E-state index in [1.165, 1.54) is 0 Å². The summed E-state index contributed by atoms with van der Waals surface area (Å²) in [7, 11) is 0. The monoisotopic (exact) mass is 262 g/mol. The van der Waals surface area contributed by atoms with Crippen LogP contribution in [-0.4, -0.2) is 23.5 Å². The number of rotatable bonds is 5. The maximum absolute atomic E-state index is 12.0. The van der Waals surface area contributed by atoms with E-state index in [1.807, 2.05) is 18.2 Å². The van der Waals surface area contributed by atoms with Gasteiger partial charge in [-0.15, -0.1) is 0 Å². The van der Waals surface area contributed by atoms with Gasteiger partial charge in [0.05, 0.1) is 12.3 Å². The van der Waals surface area contributed by atoms with Crippen LogP contribution in [0.15, 0.2) is 18.2 Å². The summed E-state index contributed by atoms with van der Waals surface area (Å²) in [6.07, 6.45) is 0.837. The fourth-order valence-corrected chi connectivity index (χ4v) is 2.25. The van der Waals surface area contributed by atoms with Gasteiger partial charge < -0.3 is 15.7 Å². The maximum Gasteiger partial charge on any atom is 0.306 e. The van der Waals surface area contributed by atoms with Crippen LogP contribution in [0.4, 0.5) is 5.69 Å². The molecule has 0 saturated carbocycles. The molecule has 2 rings (SSSR count). The lowest BCUT2D eigenvalue weighted by Gasteiger charge is -2.18. The van der Waals surface area contributed by atoms with Gasteiger partial charge in [0.25, 0.3) is 0 Å². The molecule has 5 nitrogen and oxygen atoms in total. The first kappa shape index (κ1) is 13.5. The van der Waals surface area contributed by atoms with Gasteiger partial charge in [-0.05, 0) is 23.6 Å². The smallest absolute Gasteiger partial charge is 0.306 e. The van der Waals surface area contributed by atoms with E-state index >= 15 is 0 Å². The van der Waals surface area contributed by atoms with E-state index < -0.39 is 11.9 Å². The maximum atomic E-state index is 12.0. The van der Waals surface area contributed by atoms with Gasteiger partial charge in [-0.1, -0.05) is 19.1 Å². The number of aliphatic carboxylic acids is 1. The lowest BCUT2D eigenvalue weighted by molar-refractivity contribution is -0.141. The summed E-state index contributed by atoms with van der Waals surface area (Å²) in [5, 5.41) is 8.87. The first-order valence-electron chi connectivity index (χ1n) is 6.38. The van der Waals surface area contributed by atoms with Crippen molar-refractivity contribution in [2.24, 2.45) is 11.7 Å². The summed E-state index contributed by atoms with van der Waals surface area (Å²) in [5.41, 5.74) is 8.46. The highest BCUT2D eigenvalue weighted by Gasteiger charge is 2.27. The summed E-state index contributed by atoms with van der Waals surface area (Å²) < 4.78 is 0. The summed E-state index contributed by atoms with van der Waals surface area (Å²) in [6.45, 7) is 2.56. The number of amides is 1. The quantitative estimate of drug-likeness (QED) is 0.833. The minimum atomic E-state index is -0.828. The van der Waals surface area contributed by atoms with E-state index in [2.05, 4.69) is 0 Å². The number of carbonyl (C=O) groups excluding carboxylic acids is 1. The Labute approximate surface area is 112 Å². The number of carboxylic acid groups (broad SMARTS) is 1. The number of carboxylic acids is 1. The zero-order valence-corrected chi connectivity index (χ0v) is 10.9. The Bertz CT molecular complexity index is 513. The number of hydrogen-bond acceptors (Lipinski definition) is 3. The van der Waals surface area contributed by atoms with Crippen molar-refractivity contribution in [3.05, 3.63) is 29.3 Å². The minimum Gasteiger partial charge on any atom is -0.481 e. The molecule has 1 heterocycles. The van der Waals surface area contributed by atoms with Crippen LogP contribution in [0.3, 0.4) is 0 Å². The molecule has 19 heavy (non-hydrogen) atoms. The van der Waals surface area contributed by atoms with Crippen LogP contribution < -0.4 is 10.6 Å². The van der Waals surface area contributed by atoms with Crippen molar-refractivity contribution in [3.8, 4) is 0 Å². The molecular weight excluding hydrogens is 244 g/mol. The van der Waals surface area contributed by atoms with Gasteiger partial charge in [-0.2, -0.15) is 0 Å². The average Bonchev–Trinajstić information content (AvgIpc) is 2.70. The summed E-state index contributed by atoms with van der Waals surface area (Å²) in [4.78, 5) is 24.4.